The summed E-state index contributed by atoms with van der Waals surface area (Å²) in [4.78, 5) is 13.8. The molecule has 1 aliphatic rings. The lowest BCUT2D eigenvalue weighted by Gasteiger charge is -2.29. The molecule has 20 heavy (non-hydrogen) atoms. The van der Waals surface area contributed by atoms with Crippen molar-refractivity contribution in [3.8, 4) is 5.75 Å². The molecule has 0 atom stereocenters. The van der Waals surface area contributed by atoms with Gasteiger partial charge in [0.2, 0.25) is 0 Å². The highest BCUT2D eigenvalue weighted by molar-refractivity contribution is 6.04. The molecule has 0 saturated heterocycles. The van der Waals surface area contributed by atoms with Gasteiger partial charge >= 0.3 is 0 Å². The average Bonchev–Trinajstić information content (AvgIpc) is 2.48. The number of hydrogen-bond donors (Lipinski definition) is 2. The monoisotopic (exact) mass is 269 g/mol. The molecule has 0 radical (unpaired) electrons. The third-order valence-corrected chi connectivity index (χ3v) is 3.25. The first-order valence-corrected chi connectivity index (χ1v) is 6.33. The van der Waals surface area contributed by atoms with Gasteiger partial charge in [-0.25, -0.2) is 0 Å². The van der Waals surface area contributed by atoms with Crippen molar-refractivity contribution in [2.75, 3.05) is 17.2 Å². The molecule has 102 valence electrons. The van der Waals surface area contributed by atoms with Gasteiger partial charge in [-0.15, -0.1) is 0 Å². The molecular weight excluding hydrogens is 254 g/mol. The van der Waals surface area contributed by atoms with Crippen LogP contribution in [0.1, 0.15) is 5.56 Å². The fraction of sp³-hybridized carbons (Fsp3) is 0.133. The van der Waals surface area contributed by atoms with Gasteiger partial charge in [0, 0.05) is 17.9 Å². The van der Waals surface area contributed by atoms with Gasteiger partial charge in [0.25, 0.3) is 5.91 Å². The minimum absolute atomic E-state index is 0.0271. The lowest BCUT2D eigenvalue weighted by Crippen LogP contribution is -2.35. The molecule has 1 amide bonds. The molecule has 1 aliphatic heterocycles. The fourth-order valence-corrected chi connectivity index (χ4v) is 2.23. The van der Waals surface area contributed by atoms with Crippen molar-refractivity contribution in [2.24, 2.45) is 5.73 Å². The summed E-state index contributed by atoms with van der Waals surface area (Å²) in [5, 5.41) is 0. The number of nitrogens with zero attached hydrogens (tertiary/aromatic N) is 1. The van der Waals surface area contributed by atoms with Gasteiger partial charge in [0.1, 0.15) is 5.75 Å². The number of anilines is 3. The van der Waals surface area contributed by atoms with Crippen LogP contribution in [0.5, 0.6) is 5.75 Å². The number of rotatable bonds is 2. The molecule has 1 heterocycles. The summed E-state index contributed by atoms with van der Waals surface area (Å²) in [6.45, 7) is 0.441. The van der Waals surface area contributed by atoms with E-state index >= 15 is 0 Å². The summed E-state index contributed by atoms with van der Waals surface area (Å²) in [6, 6.07) is 12.8. The van der Waals surface area contributed by atoms with E-state index in [1.807, 2.05) is 30.3 Å². The number of benzene rings is 2. The predicted molar refractivity (Wildman–Crippen MR) is 77.8 cm³/mol. The van der Waals surface area contributed by atoms with E-state index in [0.29, 0.717) is 23.7 Å². The van der Waals surface area contributed by atoms with E-state index in [1.165, 1.54) is 0 Å². The van der Waals surface area contributed by atoms with Crippen LogP contribution in [0.4, 0.5) is 17.1 Å². The molecule has 0 saturated carbocycles. The molecule has 0 aromatic heterocycles. The van der Waals surface area contributed by atoms with Crippen molar-refractivity contribution in [1.82, 2.24) is 0 Å². The number of fused-ring (bicyclic) bond motifs is 1. The Morgan fingerprint density at radius 1 is 1.15 bits per heavy atom. The third-order valence-electron chi connectivity index (χ3n) is 3.25. The molecule has 2 aromatic rings. The summed E-state index contributed by atoms with van der Waals surface area (Å²) in [5.41, 5.74) is 14.4. The van der Waals surface area contributed by atoms with Crippen LogP contribution in [0.2, 0.25) is 0 Å². The number of carbonyl (C=O) groups excluding carboxylic acids is 1. The Bertz CT molecular complexity index is 653. The second kappa shape index (κ2) is 4.86. The van der Waals surface area contributed by atoms with Crippen LogP contribution >= 0.6 is 0 Å². The summed E-state index contributed by atoms with van der Waals surface area (Å²) in [5.74, 6) is 0.565. The van der Waals surface area contributed by atoms with Crippen LogP contribution in [-0.2, 0) is 11.3 Å². The molecule has 0 unspecified atom stereocenters. The van der Waals surface area contributed by atoms with Crippen molar-refractivity contribution >= 4 is 23.0 Å². The molecule has 0 fully saturated rings. The van der Waals surface area contributed by atoms with Crippen molar-refractivity contribution in [2.45, 2.75) is 6.54 Å². The van der Waals surface area contributed by atoms with Crippen molar-refractivity contribution in [3.05, 3.63) is 48.0 Å². The van der Waals surface area contributed by atoms with E-state index in [2.05, 4.69) is 0 Å². The molecule has 0 aliphatic carbocycles. The standard InChI is InChI=1S/C15H15N3O2/c16-8-10-1-6-14-13(7-10)18(15(19)9-20-14)12-4-2-11(17)3-5-12/h1-7H,8-9,16-17H2. The van der Waals surface area contributed by atoms with Gasteiger partial charge < -0.3 is 16.2 Å². The highest BCUT2D eigenvalue weighted by atomic mass is 16.5. The Morgan fingerprint density at radius 2 is 1.90 bits per heavy atom. The summed E-state index contributed by atoms with van der Waals surface area (Å²) in [6.07, 6.45) is 0. The maximum atomic E-state index is 12.2. The Labute approximate surface area is 116 Å². The van der Waals surface area contributed by atoms with Crippen LogP contribution in [0, 0.1) is 0 Å². The topological polar surface area (TPSA) is 81.6 Å². The lowest BCUT2D eigenvalue weighted by molar-refractivity contribution is -0.120. The molecule has 5 nitrogen and oxygen atoms in total. The predicted octanol–water partition coefficient (Wildman–Crippen LogP) is 1.78. The smallest absolute Gasteiger partial charge is 0.269 e. The van der Waals surface area contributed by atoms with E-state index in [1.54, 1.807) is 17.0 Å². The van der Waals surface area contributed by atoms with Crippen LogP contribution in [0.3, 0.4) is 0 Å². The summed E-state index contributed by atoms with van der Waals surface area (Å²) in [7, 11) is 0. The zero-order chi connectivity index (χ0) is 14.1. The van der Waals surface area contributed by atoms with E-state index in [0.717, 1.165) is 11.3 Å². The molecule has 2 aromatic carbocycles. The minimum Gasteiger partial charge on any atom is -0.482 e. The Hall–Kier alpha value is -2.53. The number of ether oxygens (including phenoxy) is 1. The Balaban J connectivity index is 2.11. The third kappa shape index (κ3) is 2.08. The van der Waals surface area contributed by atoms with Crippen LogP contribution < -0.4 is 21.1 Å². The zero-order valence-corrected chi connectivity index (χ0v) is 10.9. The Kier molecular flexibility index (Phi) is 3.04. The molecule has 0 spiro atoms. The van der Waals surface area contributed by atoms with Crippen LogP contribution in [0.15, 0.2) is 42.5 Å². The van der Waals surface area contributed by atoms with Crippen LogP contribution in [0.25, 0.3) is 0 Å². The first kappa shape index (κ1) is 12.5. The van der Waals surface area contributed by atoms with Gasteiger partial charge in [0.15, 0.2) is 6.61 Å². The Morgan fingerprint density at radius 3 is 2.60 bits per heavy atom. The number of amides is 1. The second-order valence-electron chi connectivity index (χ2n) is 4.62. The highest BCUT2D eigenvalue weighted by Gasteiger charge is 2.27. The van der Waals surface area contributed by atoms with Crippen molar-refractivity contribution in [1.29, 1.82) is 0 Å². The molecule has 5 heteroatoms. The average molecular weight is 269 g/mol. The van der Waals surface area contributed by atoms with Gasteiger partial charge in [0.05, 0.1) is 5.69 Å². The SMILES string of the molecule is NCc1ccc2c(c1)N(c1ccc(N)cc1)C(=O)CO2. The fourth-order valence-electron chi connectivity index (χ4n) is 2.23. The van der Waals surface area contributed by atoms with E-state index in [4.69, 9.17) is 16.2 Å². The number of hydrogen-bond acceptors (Lipinski definition) is 4. The first-order chi connectivity index (χ1) is 9.69. The maximum absolute atomic E-state index is 12.2. The highest BCUT2D eigenvalue weighted by Crippen LogP contribution is 2.37. The quantitative estimate of drug-likeness (QED) is 0.814. The largest absolute Gasteiger partial charge is 0.482 e. The molecular formula is C15H15N3O2. The molecule has 3 rings (SSSR count). The van der Waals surface area contributed by atoms with Gasteiger partial charge in [-0.1, -0.05) is 6.07 Å². The molecule has 0 bridgehead atoms. The zero-order valence-electron chi connectivity index (χ0n) is 10.9. The summed E-state index contributed by atoms with van der Waals surface area (Å²) < 4.78 is 5.45. The second-order valence-corrected chi connectivity index (χ2v) is 4.62. The van der Waals surface area contributed by atoms with Crippen molar-refractivity contribution in [3.63, 3.8) is 0 Å². The first-order valence-electron chi connectivity index (χ1n) is 6.33. The minimum atomic E-state index is -0.114. The van der Waals surface area contributed by atoms with Gasteiger partial charge in [-0.3, -0.25) is 9.69 Å². The number of carbonyl (C=O) groups is 1. The van der Waals surface area contributed by atoms with Crippen LogP contribution in [-0.4, -0.2) is 12.5 Å². The van der Waals surface area contributed by atoms with E-state index < -0.39 is 0 Å². The maximum Gasteiger partial charge on any atom is 0.269 e. The number of nitrogen functional groups attached to an aromatic ring is 1. The van der Waals surface area contributed by atoms with Gasteiger partial charge in [-0.2, -0.15) is 0 Å². The van der Waals surface area contributed by atoms with E-state index in [9.17, 15) is 4.79 Å². The van der Waals surface area contributed by atoms with Gasteiger partial charge in [-0.05, 0) is 42.0 Å². The number of nitrogens with two attached hydrogens (primary N) is 2. The van der Waals surface area contributed by atoms with Crippen molar-refractivity contribution < 1.29 is 9.53 Å². The lowest BCUT2D eigenvalue weighted by atomic mass is 10.1. The molecule has 4 N–H and O–H groups in total. The normalized spacial score (nSPS) is 13.8. The van der Waals surface area contributed by atoms with E-state index in [-0.39, 0.29) is 12.5 Å². The summed E-state index contributed by atoms with van der Waals surface area (Å²) >= 11 is 0.